The lowest BCUT2D eigenvalue weighted by atomic mass is 10.1. The molecule has 4 heteroatoms. The van der Waals surface area contributed by atoms with Crippen LogP contribution >= 0.6 is 22.9 Å². The van der Waals surface area contributed by atoms with Gasteiger partial charge in [-0.1, -0.05) is 48.0 Å². The van der Waals surface area contributed by atoms with E-state index < -0.39 is 0 Å². The summed E-state index contributed by atoms with van der Waals surface area (Å²) in [5.41, 5.74) is 2.57. The highest BCUT2D eigenvalue weighted by Crippen LogP contribution is 2.43. The fourth-order valence-corrected chi connectivity index (χ4v) is 4.36. The number of halogens is 1. The molecule has 0 radical (unpaired) electrons. The number of oxazole rings is 1. The second-order valence-electron chi connectivity index (χ2n) is 5.39. The van der Waals surface area contributed by atoms with E-state index in [0.29, 0.717) is 5.89 Å². The van der Waals surface area contributed by atoms with E-state index in [0.717, 1.165) is 37.2 Å². The van der Waals surface area contributed by atoms with Crippen molar-refractivity contribution >= 4 is 54.2 Å². The minimum Gasteiger partial charge on any atom is -0.435 e. The fourth-order valence-electron chi connectivity index (χ4n) is 2.94. The molecule has 0 aliphatic rings. The molecule has 3 aromatic carbocycles. The van der Waals surface area contributed by atoms with E-state index >= 15 is 0 Å². The summed E-state index contributed by atoms with van der Waals surface area (Å²) in [6.07, 6.45) is 0. The number of thiophene rings is 1. The van der Waals surface area contributed by atoms with Crippen molar-refractivity contribution in [2.75, 3.05) is 0 Å². The first kappa shape index (κ1) is 13.1. The third-order valence-corrected chi connectivity index (χ3v) is 5.59. The van der Waals surface area contributed by atoms with Crippen LogP contribution in [0.2, 0.25) is 5.02 Å². The Morgan fingerprint density at radius 1 is 0.957 bits per heavy atom. The summed E-state index contributed by atoms with van der Waals surface area (Å²) in [6.45, 7) is 0. The quantitative estimate of drug-likeness (QED) is 0.348. The number of hydrogen-bond acceptors (Lipinski definition) is 3. The lowest BCUT2D eigenvalue weighted by Gasteiger charge is -1.95. The first-order valence-corrected chi connectivity index (χ1v) is 8.46. The molecule has 0 N–H and O–H groups in total. The van der Waals surface area contributed by atoms with E-state index in [4.69, 9.17) is 16.0 Å². The van der Waals surface area contributed by atoms with Gasteiger partial charge >= 0.3 is 0 Å². The third-order valence-electron chi connectivity index (χ3n) is 3.98. The van der Waals surface area contributed by atoms with Crippen LogP contribution in [0.25, 0.3) is 42.7 Å². The number of fused-ring (bicyclic) bond motifs is 5. The van der Waals surface area contributed by atoms with Gasteiger partial charge < -0.3 is 4.42 Å². The maximum absolute atomic E-state index is 6.49. The van der Waals surface area contributed by atoms with Gasteiger partial charge in [-0.25, -0.2) is 4.98 Å². The molecule has 0 saturated heterocycles. The van der Waals surface area contributed by atoms with Crippen molar-refractivity contribution in [2.45, 2.75) is 0 Å². The lowest BCUT2D eigenvalue weighted by Crippen LogP contribution is -1.75. The summed E-state index contributed by atoms with van der Waals surface area (Å²) in [5, 5.41) is 2.94. The van der Waals surface area contributed by atoms with Crippen molar-refractivity contribution in [1.29, 1.82) is 0 Å². The maximum Gasteiger partial charge on any atom is 0.227 e. The number of rotatable bonds is 1. The van der Waals surface area contributed by atoms with E-state index in [1.165, 1.54) is 4.70 Å². The minimum absolute atomic E-state index is 0.624. The second kappa shape index (κ2) is 4.82. The van der Waals surface area contributed by atoms with E-state index in [9.17, 15) is 0 Å². The predicted octanol–water partition coefficient (Wildman–Crippen LogP) is 6.52. The summed E-state index contributed by atoms with van der Waals surface area (Å²) in [6, 6.07) is 20.1. The molecule has 0 aliphatic carbocycles. The van der Waals surface area contributed by atoms with E-state index in [2.05, 4.69) is 17.1 Å². The van der Waals surface area contributed by atoms with Gasteiger partial charge in [0, 0.05) is 21.0 Å². The molecule has 23 heavy (non-hydrogen) atoms. The highest BCUT2D eigenvalue weighted by molar-refractivity contribution is 7.26. The van der Waals surface area contributed by atoms with Crippen LogP contribution in [0.15, 0.2) is 65.1 Å². The number of nitrogens with zero attached hydrogens (tertiary/aromatic N) is 1. The van der Waals surface area contributed by atoms with Gasteiger partial charge in [-0.05, 0) is 24.3 Å². The van der Waals surface area contributed by atoms with Gasteiger partial charge in [0.1, 0.15) is 5.52 Å². The maximum atomic E-state index is 6.49. The van der Waals surface area contributed by atoms with Crippen LogP contribution < -0.4 is 0 Å². The Hall–Kier alpha value is -2.36. The average molecular weight is 336 g/mol. The molecule has 0 amide bonds. The normalized spacial score (nSPS) is 11.7. The van der Waals surface area contributed by atoms with Gasteiger partial charge in [-0.3, -0.25) is 0 Å². The number of aromatic nitrogens is 1. The number of hydrogen-bond donors (Lipinski definition) is 0. The zero-order valence-corrected chi connectivity index (χ0v) is 13.5. The van der Waals surface area contributed by atoms with Gasteiger partial charge in [0.25, 0.3) is 0 Å². The molecule has 0 aliphatic heterocycles. The lowest BCUT2D eigenvalue weighted by molar-refractivity contribution is 0.623. The first-order chi connectivity index (χ1) is 11.3. The Kier molecular flexibility index (Phi) is 2.75. The van der Waals surface area contributed by atoms with Crippen molar-refractivity contribution in [3.8, 4) is 11.5 Å². The third kappa shape index (κ3) is 1.90. The summed E-state index contributed by atoms with van der Waals surface area (Å²) in [4.78, 5) is 4.63. The molecule has 110 valence electrons. The second-order valence-corrected chi connectivity index (χ2v) is 6.85. The number of benzene rings is 3. The Balaban J connectivity index is 1.94. The Morgan fingerprint density at radius 2 is 1.74 bits per heavy atom. The Labute approximate surface area is 140 Å². The average Bonchev–Trinajstić information content (AvgIpc) is 3.17. The van der Waals surface area contributed by atoms with Gasteiger partial charge in [0.15, 0.2) is 5.58 Å². The van der Waals surface area contributed by atoms with E-state index in [1.807, 2.05) is 48.5 Å². The van der Waals surface area contributed by atoms with Crippen LogP contribution in [0.4, 0.5) is 0 Å². The molecular formula is C19H10ClNOS. The molecule has 2 nitrogen and oxygen atoms in total. The Morgan fingerprint density at radius 3 is 2.61 bits per heavy atom. The fraction of sp³-hybridized carbons (Fsp3) is 0. The predicted molar refractivity (Wildman–Crippen MR) is 97.3 cm³/mol. The summed E-state index contributed by atoms with van der Waals surface area (Å²) in [7, 11) is 0. The van der Waals surface area contributed by atoms with Gasteiger partial charge in [-0.15, -0.1) is 11.3 Å². The van der Waals surface area contributed by atoms with Crippen molar-refractivity contribution in [1.82, 2.24) is 4.98 Å². The summed E-state index contributed by atoms with van der Waals surface area (Å²) in [5.74, 6) is 0.624. The van der Waals surface area contributed by atoms with Crippen LogP contribution in [0, 0.1) is 0 Å². The van der Waals surface area contributed by atoms with Gasteiger partial charge in [-0.2, -0.15) is 0 Å². The van der Waals surface area contributed by atoms with Crippen molar-refractivity contribution in [2.24, 2.45) is 0 Å². The molecule has 0 bridgehead atoms. The van der Waals surface area contributed by atoms with Crippen LogP contribution in [0.5, 0.6) is 0 Å². The van der Waals surface area contributed by atoms with E-state index in [1.54, 1.807) is 11.3 Å². The molecule has 0 atom stereocenters. The van der Waals surface area contributed by atoms with Crippen molar-refractivity contribution < 1.29 is 4.42 Å². The topological polar surface area (TPSA) is 26.0 Å². The summed E-state index contributed by atoms with van der Waals surface area (Å²) < 4.78 is 8.38. The van der Waals surface area contributed by atoms with Crippen LogP contribution in [0.1, 0.15) is 0 Å². The zero-order chi connectivity index (χ0) is 15.4. The van der Waals surface area contributed by atoms with Crippen LogP contribution in [-0.4, -0.2) is 4.98 Å². The van der Waals surface area contributed by atoms with Crippen molar-refractivity contribution in [3.05, 3.63) is 65.7 Å². The first-order valence-electron chi connectivity index (χ1n) is 7.27. The molecule has 0 unspecified atom stereocenters. The molecule has 2 heterocycles. The molecule has 0 fully saturated rings. The van der Waals surface area contributed by atoms with Crippen LogP contribution in [0.3, 0.4) is 0 Å². The zero-order valence-electron chi connectivity index (χ0n) is 11.9. The molecule has 5 aromatic rings. The van der Waals surface area contributed by atoms with E-state index in [-0.39, 0.29) is 0 Å². The SMILES string of the molecule is Clc1cc2nc(-c3ccccc3)oc2c2c1sc1ccccc12. The standard InChI is InChI=1S/C19H10ClNOS/c20-13-10-14-17(22-19(21-14)11-6-2-1-3-7-11)16-12-8-4-5-9-15(12)23-18(13)16/h1-10H. The molecule has 5 rings (SSSR count). The van der Waals surface area contributed by atoms with Gasteiger partial charge in [0.2, 0.25) is 5.89 Å². The smallest absolute Gasteiger partial charge is 0.227 e. The van der Waals surface area contributed by atoms with Crippen molar-refractivity contribution in [3.63, 3.8) is 0 Å². The highest BCUT2D eigenvalue weighted by Gasteiger charge is 2.17. The molecule has 0 saturated carbocycles. The summed E-state index contributed by atoms with van der Waals surface area (Å²) >= 11 is 8.18. The highest BCUT2D eigenvalue weighted by atomic mass is 35.5. The molecular weight excluding hydrogens is 326 g/mol. The Bertz CT molecular complexity index is 1170. The van der Waals surface area contributed by atoms with Gasteiger partial charge in [0.05, 0.1) is 9.72 Å². The molecule has 0 spiro atoms. The minimum atomic E-state index is 0.624. The molecule has 2 aromatic heterocycles. The monoisotopic (exact) mass is 335 g/mol. The largest absolute Gasteiger partial charge is 0.435 e. The van der Waals surface area contributed by atoms with Crippen LogP contribution in [-0.2, 0) is 0 Å².